The molecule has 0 unspecified atom stereocenters. The third kappa shape index (κ3) is 1.71. The van der Waals surface area contributed by atoms with Gasteiger partial charge >= 0.3 is 5.97 Å². The first-order chi connectivity index (χ1) is 7.18. The van der Waals surface area contributed by atoms with Gasteiger partial charge in [-0.25, -0.2) is 4.79 Å². The molecule has 0 aliphatic rings. The first kappa shape index (κ1) is 9.39. The molecular weight excluding hydrogens is 196 g/mol. The summed E-state index contributed by atoms with van der Waals surface area (Å²) >= 11 is 0. The van der Waals surface area contributed by atoms with Crippen LogP contribution in [-0.2, 0) is 0 Å². The highest BCUT2D eigenvalue weighted by Gasteiger charge is 2.13. The molecule has 0 saturated heterocycles. The zero-order valence-corrected chi connectivity index (χ0v) is 7.97. The van der Waals surface area contributed by atoms with Crippen LogP contribution >= 0.6 is 0 Å². The van der Waals surface area contributed by atoms with E-state index in [1.807, 2.05) is 13.0 Å². The van der Waals surface area contributed by atoms with Crippen LogP contribution in [0, 0.1) is 6.92 Å². The van der Waals surface area contributed by atoms with Gasteiger partial charge in [0.25, 0.3) is 0 Å². The number of hydrogen-bond acceptors (Lipinski definition) is 4. The maximum atomic E-state index is 10.6. The fraction of sp³-hybridized carbons (Fsp3) is 0.100. The second kappa shape index (κ2) is 3.53. The monoisotopic (exact) mass is 204 g/mol. The SMILES string of the molecule is Cc1ccncc1-c1cc(C(=O)O)on1. The number of aryl methyl sites for hydroxylation is 1. The Morgan fingerprint density at radius 1 is 1.53 bits per heavy atom. The Kier molecular flexibility index (Phi) is 2.21. The van der Waals surface area contributed by atoms with E-state index in [0.29, 0.717) is 5.69 Å². The molecule has 2 aromatic rings. The Labute approximate surface area is 85.4 Å². The number of carbonyl (C=O) groups is 1. The lowest BCUT2D eigenvalue weighted by atomic mass is 10.1. The van der Waals surface area contributed by atoms with Crippen molar-refractivity contribution in [2.24, 2.45) is 0 Å². The van der Waals surface area contributed by atoms with Gasteiger partial charge in [-0.05, 0) is 18.6 Å². The van der Waals surface area contributed by atoms with E-state index >= 15 is 0 Å². The number of carboxylic acid groups (broad SMARTS) is 1. The lowest BCUT2D eigenvalue weighted by molar-refractivity contribution is 0.0652. The van der Waals surface area contributed by atoms with Crippen LogP contribution in [0.1, 0.15) is 16.1 Å². The van der Waals surface area contributed by atoms with Gasteiger partial charge in [0.2, 0.25) is 5.76 Å². The summed E-state index contributed by atoms with van der Waals surface area (Å²) in [6.07, 6.45) is 3.29. The number of pyridine rings is 1. The minimum Gasteiger partial charge on any atom is -0.475 e. The van der Waals surface area contributed by atoms with Gasteiger partial charge in [-0.2, -0.15) is 0 Å². The Morgan fingerprint density at radius 3 is 2.93 bits per heavy atom. The van der Waals surface area contributed by atoms with Gasteiger partial charge in [0.15, 0.2) is 0 Å². The predicted octanol–water partition coefficient (Wildman–Crippen LogP) is 1.74. The van der Waals surface area contributed by atoms with Crippen molar-refractivity contribution in [3.63, 3.8) is 0 Å². The average Bonchev–Trinajstić information content (AvgIpc) is 2.67. The van der Waals surface area contributed by atoms with Crippen LogP contribution in [0.4, 0.5) is 0 Å². The highest BCUT2D eigenvalue weighted by atomic mass is 16.5. The summed E-state index contributed by atoms with van der Waals surface area (Å²) in [5.41, 5.74) is 2.22. The van der Waals surface area contributed by atoms with Crippen molar-refractivity contribution < 1.29 is 14.4 Å². The van der Waals surface area contributed by atoms with Crippen molar-refractivity contribution >= 4 is 5.97 Å². The minimum atomic E-state index is -1.13. The van der Waals surface area contributed by atoms with E-state index < -0.39 is 5.97 Å². The smallest absolute Gasteiger partial charge is 0.374 e. The van der Waals surface area contributed by atoms with E-state index in [4.69, 9.17) is 5.11 Å². The van der Waals surface area contributed by atoms with Crippen LogP contribution in [-0.4, -0.2) is 21.2 Å². The van der Waals surface area contributed by atoms with Crippen molar-refractivity contribution in [2.75, 3.05) is 0 Å². The zero-order chi connectivity index (χ0) is 10.8. The van der Waals surface area contributed by atoms with Gasteiger partial charge in [-0.3, -0.25) is 4.98 Å². The topological polar surface area (TPSA) is 76.2 Å². The molecule has 0 aliphatic carbocycles. The highest BCUT2D eigenvalue weighted by molar-refractivity contribution is 5.85. The number of rotatable bonds is 2. The van der Waals surface area contributed by atoms with E-state index in [1.54, 1.807) is 12.4 Å². The van der Waals surface area contributed by atoms with E-state index in [0.717, 1.165) is 11.1 Å². The number of aromatic nitrogens is 2. The summed E-state index contributed by atoms with van der Waals surface area (Å²) < 4.78 is 4.66. The molecule has 0 saturated carbocycles. The molecular formula is C10H8N2O3. The summed E-state index contributed by atoms with van der Waals surface area (Å²) in [4.78, 5) is 14.5. The largest absolute Gasteiger partial charge is 0.475 e. The summed E-state index contributed by atoms with van der Waals surface area (Å²) in [5.74, 6) is -1.30. The summed E-state index contributed by atoms with van der Waals surface area (Å²) in [6.45, 7) is 1.89. The maximum absolute atomic E-state index is 10.6. The summed E-state index contributed by atoms with van der Waals surface area (Å²) in [7, 11) is 0. The Hall–Kier alpha value is -2.17. The third-order valence-electron chi connectivity index (χ3n) is 2.04. The number of aromatic carboxylic acids is 1. The van der Waals surface area contributed by atoms with Crippen molar-refractivity contribution in [1.82, 2.24) is 10.1 Å². The fourth-order valence-corrected chi connectivity index (χ4v) is 1.24. The molecule has 2 heterocycles. The zero-order valence-electron chi connectivity index (χ0n) is 7.97. The molecule has 1 N–H and O–H groups in total. The van der Waals surface area contributed by atoms with Crippen LogP contribution in [0.5, 0.6) is 0 Å². The number of nitrogens with zero attached hydrogens (tertiary/aromatic N) is 2. The van der Waals surface area contributed by atoms with Crippen molar-refractivity contribution in [2.45, 2.75) is 6.92 Å². The molecule has 0 spiro atoms. The third-order valence-corrected chi connectivity index (χ3v) is 2.04. The van der Waals surface area contributed by atoms with Crippen molar-refractivity contribution in [3.05, 3.63) is 35.9 Å². The van der Waals surface area contributed by atoms with Crippen LogP contribution in [0.2, 0.25) is 0 Å². The van der Waals surface area contributed by atoms with Crippen molar-refractivity contribution in [1.29, 1.82) is 0 Å². The van der Waals surface area contributed by atoms with E-state index in [1.165, 1.54) is 6.07 Å². The number of hydrogen-bond donors (Lipinski definition) is 1. The molecule has 0 aromatic carbocycles. The molecule has 15 heavy (non-hydrogen) atoms. The first-order valence-corrected chi connectivity index (χ1v) is 4.29. The van der Waals surface area contributed by atoms with E-state index in [-0.39, 0.29) is 5.76 Å². The maximum Gasteiger partial charge on any atom is 0.374 e. The van der Waals surface area contributed by atoms with Gasteiger partial charge in [-0.15, -0.1) is 0 Å². The Balaban J connectivity index is 2.46. The molecule has 0 bridgehead atoms. The first-order valence-electron chi connectivity index (χ1n) is 4.29. The molecule has 0 atom stereocenters. The molecule has 2 rings (SSSR count). The standard InChI is InChI=1S/C10H8N2O3/c1-6-2-3-11-5-7(6)8-4-9(10(13)14)15-12-8/h2-5H,1H3,(H,13,14). The van der Waals surface area contributed by atoms with Crippen LogP contribution in [0.15, 0.2) is 29.0 Å². The average molecular weight is 204 g/mol. The second-order valence-corrected chi connectivity index (χ2v) is 3.07. The molecule has 0 radical (unpaired) electrons. The minimum absolute atomic E-state index is 0.173. The van der Waals surface area contributed by atoms with Crippen LogP contribution in [0.25, 0.3) is 11.3 Å². The van der Waals surface area contributed by atoms with Crippen LogP contribution in [0.3, 0.4) is 0 Å². The predicted molar refractivity (Wildman–Crippen MR) is 51.4 cm³/mol. The lowest BCUT2D eigenvalue weighted by Crippen LogP contribution is -1.91. The second-order valence-electron chi connectivity index (χ2n) is 3.07. The van der Waals surface area contributed by atoms with Gasteiger partial charge in [-0.1, -0.05) is 5.16 Å². The molecule has 76 valence electrons. The molecule has 0 aliphatic heterocycles. The Bertz CT molecular complexity index is 505. The summed E-state index contributed by atoms with van der Waals surface area (Å²) in [6, 6.07) is 3.21. The number of carboxylic acids is 1. The van der Waals surface area contributed by atoms with E-state index in [9.17, 15) is 4.79 Å². The van der Waals surface area contributed by atoms with E-state index in [2.05, 4.69) is 14.7 Å². The quantitative estimate of drug-likeness (QED) is 0.806. The van der Waals surface area contributed by atoms with Gasteiger partial charge in [0, 0.05) is 24.0 Å². The molecule has 0 fully saturated rings. The molecule has 0 amide bonds. The van der Waals surface area contributed by atoms with Crippen LogP contribution < -0.4 is 0 Å². The Morgan fingerprint density at radius 2 is 2.33 bits per heavy atom. The van der Waals surface area contributed by atoms with Gasteiger partial charge in [0.1, 0.15) is 5.69 Å². The lowest BCUT2D eigenvalue weighted by Gasteiger charge is -1.97. The van der Waals surface area contributed by atoms with Gasteiger partial charge < -0.3 is 9.63 Å². The fourth-order valence-electron chi connectivity index (χ4n) is 1.24. The molecule has 5 nitrogen and oxygen atoms in total. The van der Waals surface area contributed by atoms with Crippen molar-refractivity contribution in [3.8, 4) is 11.3 Å². The normalized spacial score (nSPS) is 10.2. The molecule has 2 aromatic heterocycles. The summed E-state index contributed by atoms with van der Waals surface area (Å²) in [5, 5.41) is 12.3. The highest BCUT2D eigenvalue weighted by Crippen LogP contribution is 2.21. The van der Waals surface area contributed by atoms with Gasteiger partial charge in [0.05, 0.1) is 0 Å². The molecule has 5 heteroatoms.